The summed E-state index contributed by atoms with van der Waals surface area (Å²) in [6, 6.07) is 17.0. The van der Waals surface area contributed by atoms with Crippen LogP contribution in [0.25, 0.3) is 21.8 Å². The van der Waals surface area contributed by atoms with Crippen LogP contribution in [0.3, 0.4) is 0 Å². The molecule has 1 amide bonds. The van der Waals surface area contributed by atoms with Crippen molar-refractivity contribution in [1.82, 2.24) is 9.97 Å². The highest BCUT2D eigenvalue weighted by molar-refractivity contribution is 6.10. The minimum absolute atomic E-state index is 0.0729. The fraction of sp³-hybridized carbons (Fsp3) is 0.174. The third-order valence-corrected chi connectivity index (χ3v) is 5.24. The lowest BCUT2D eigenvalue weighted by atomic mass is 10.1. The number of aromatic nitrogens is 2. The summed E-state index contributed by atoms with van der Waals surface area (Å²) in [5.74, 6) is 0.640. The monoisotopic (exact) mass is 384 g/mol. The summed E-state index contributed by atoms with van der Waals surface area (Å²) in [5, 5.41) is 8.70. The maximum atomic E-state index is 12.3. The van der Waals surface area contributed by atoms with Gasteiger partial charge < -0.3 is 15.6 Å². The van der Waals surface area contributed by atoms with E-state index in [2.05, 4.69) is 20.6 Å². The molecule has 0 atom stereocenters. The van der Waals surface area contributed by atoms with E-state index in [-0.39, 0.29) is 11.5 Å². The number of nitrogens with one attached hydrogen (secondary N) is 3. The first-order chi connectivity index (χ1) is 14.2. The van der Waals surface area contributed by atoms with Crippen LogP contribution in [0.4, 0.5) is 17.1 Å². The van der Waals surface area contributed by atoms with Gasteiger partial charge in [-0.2, -0.15) is 0 Å². The minimum atomic E-state index is -0.149. The fourth-order valence-electron chi connectivity index (χ4n) is 3.60. The van der Waals surface area contributed by atoms with Crippen LogP contribution in [0.2, 0.25) is 0 Å². The van der Waals surface area contributed by atoms with E-state index in [0.29, 0.717) is 23.4 Å². The van der Waals surface area contributed by atoms with E-state index in [9.17, 15) is 9.59 Å². The summed E-state index contributed by atoms with van der Waals surface area (Å²) in [6.07, 6.45) is 4.60. The third kappa shape index (κ3) is 3.57. The number of pyridine rings is 2. The van der Waals surface area contributed by atoms with Gasteiger partial charge in [-0.3, -0.25) is 9.59 Å². The van der Waals surface area contributed by atoms with E-state index in [1.807, 2.05) is 54.6 Å². The number of anilines is 3. The van der Waals surface area contributed by atoms with Crippen molar-refractivity contribution >= 4 is 44.8 Å². The smallest absolute Gasteiger partial charge is 0.257 e. The quantitative estimate of drug-likeness (QED) is 0.440. The molecule has 1 saturated carbocycles. The van der Waals surface area contributed by atoms with Gasteiger partial charge in [0.1, 0.15) is 5.65 Å². The zero-order valence-electron chi connectivity index (χ0n) is 15.7. The summed E-state index contributed by atoms with van der Waals surface area (Å²) in [4.78, 5) is 31.5. The van der Waals surface area contributed by atoms with Crippen LogP contribution in [-0.2, 0) is 4.79 Å². The molecule has 0 aliphatic heterocycles. The van der Waals surface area contributed by atoms with Crippen molar-refractivity contribution in [3.8, 4) is 0 Å². The van der Waals surface area contributed by atoms with E-state index in [1.165, 1.54) is 0 Å². The van der Waals surface area contributed by atoms with Gasteiger partial charge >= 0.3 is 0 Å². The zero-order chi connectivity index (χ0) is 19.8. The van der Waals surface area contributed by atoms with Gasteiger partial charge in [-0.05, 0) is 55.2 Å². The predicted molar refractivity (Wildman–Crippen MR) is 116 cm³/mol. The number of nitrogens with zero attached hydrogens (tertiary/aromatic N) is 1. The van der Waals surface area contributed by atoms with Gasteiger partial charge in [0.2, 0.25) is 5.91 Å². The molecule has 5 rings (SSSR count). The molecule has 29 heavy (non-hydrogen) atoms. The first kappa shape index (κ1) is 17.4. The van der Waals surface area contributed by atoms with Crippen LogP contribution in [-0.4, -0.2) is 15.9 Å². The molecule has 0 saturated heterocycles. The molecule has 3 N–H and O–H groups in total. The predicted octanol–water partition coefficient (Wildman–Crippen LogP) is 4.56. The van der Waals surface area contributed by atoms with Gasteiger partial charge in [0.15, 0.2) is 0 Å². The molecule has 1 fully saturated rings. The molecule has 0 bridgehead atoms. The Labute approximate surface area is 167 Å². The molecular formula is C23H20N4O2. The van der Waals surface area contributed by atoms with Crippen molar-refractivity contribution in [2.45, 2.75) is 19.3 Å². The number of carbonyl (C=O) groups excluding carboxylic acids is 1. The highest BCUT2D eigenvalue weighted by atomic mass is 16.1. The molecule has 4 aromatic rings. The SMILES string of the molecule is O=C(CC1CC1)Nc1ccc(Nc2ccnc3[nH]c(=O)c4ccccc4c23)cc1. The lowest BCUT2D eigenvalue weighted by Gasteiger charge is -2.12. The molecule has 6 heteroatoms. The molecule has 0 spiro atoms. The molecule has 2 aromatic heterocycles. The van der Waals surface area contributed by atoms with Gasteiger partial charge in [0.25, 0.3) is 5.56 Å². The van der Waals surface area contributed by atoms with Gasteiger partial charge in [-0.1, -0.05) is 18.2 Å². The lowest BCUT2D eigenvalue weighted by Crippen LogP contribution is -2.11. The number of fused-ring (bicyclic) bond motifs is 3. The highest BCUT2D eigenvalue weighted by Crippen LogP contribution is 2.33. The van der Waals surface area contributed by atoms with E-state index >= 15 is 0 Å². The maximum Gasteiger partial charge on any atom is 0.257 e. The topological polar surface area (TPSA) is 86.9 Å². The van der Waals surface area contributed by atoms with Gasteiger partial charge in [-0.25, -0.2) is 4.98 Å². The zero-order valence-corrected chi connectivity index (χ0v) is 15.7. The molecule has 1 aliphatic carbocycles. The van der Waals surface area contributed by atoms with E-state index in [4.69, 9.17) is 0 Å². The number of hydrogen-bond acceptors (Lipinski definition) is 4. The van der Waals surface area contributed by atoms with Crippen LogP contribution in [0.1, 0.15) is 19.3 Å². The van der Waals surface area contributed by atoms with Gasteiger partial charge in [0, 0.05) is 40.2 Å². The Kier molecular flexibility index (Phi) is 4.24. The molecule has 0 radical (unpaired) electrons. The molecule has 144 valence electrons. The molecular weight excluding hydrogens is 364 g/mol. The second kappa shape index (κ2) is 7.05. The van der Waals surface area contributed by atoms with Crippen molar-refractivity contribution in [3.05, 3.63) is 71.1 Å². The van der Waals surface area contributed by atoms with E-state index in [1.54, 1.807) is 6.20 Å². The Morgan fingerprint density at radius 2 is 1.72 bits per heavy atom. The fourth-order valence-corrected chi connectivity index (χ4v) is 3.60. The number of carbonyl (C=O) groups is 1. The van der Waals surface area contributed by atoms with Crippen molar-refractivity contribution in [1.29, 1.82) is 0 Å². The van der Waals surface area contributed by atoms with Crippen molar-refractivity contribution in [2.24, 2.45) is 5.92 Å². The van der Waals surface area contributed by atoms with Crippen molar-refractivity contribution in [3.63, 3.8) is 0 Å². The second-order valence-corrected chi connectivity index (χ2v) is 7.48. The van der Waals surface area contributed by atoms with Crippen molar-refractivity contribution < 1.29 is 4.79 Å². The first-order valence-electron chi connectivity index (χ1n) is 9.74. The third-order valence-electron chi connectivity index (χ3n) is 5.24. The van der Waals surface area contributed by atoms with Crippen molar-refractivity contribution in [2.75, 3.05) is 10.6 Å². The number of hydrogen-bond donors (Lipinski definition) is 3. The first-order valence-corrected chi connectivity index (χ1v) is 9.74. The summed E-state index contributed by atoms with van der Waals surface area (Å²) in [5.41, 5.74) is 2.92. The number of benzene rings is 2. The van der Waals surface area contributed by atoms with Gasteiger partial charge in [0.05, 0.1) is 5.69 Å². The summed E-state index contributed by atoms with van der Waals surface area (Å²) in [6.45, 7) is 0. The standard InChI is InChI=1S/C23H20N4O2/c28-20(13-14-5-6-14)26-16-9-7-15(8-10-16)25-19-11-12-24-22-21(19)17-3-1-2-4-18(17)23(29)27-22/h1-4,7-12,14H,5-6,13H2,(H,26,28)(H2,24,25,27,29). The number of H-pyrrole nitrogens is 1. The average molecular weight is 384 g/mol. The van der Waals surface area contributed by atoms with E-state index in [0.717, 1.165) is 40.7 Å². The molecule has 0 unspecified atom stereocenters. The lowest BCUT2D eigenvalue weighted by molar-refractivity contribution is -0.116. The van der Waals surface area contributed by atoms with Crippen LogP contribution < -0.4 is 16.2 Å². The maximum absolute atomic E-state index is 12.3. The molecule has 6 nitrogen and oxygen atoms in total. The average Bonchev–Trinajstić information content (AvgIpc) is 3.53. The number of amides is 1. The van der Waals surface area contributed by atoms with Crippen LogP contribution in [0.15, 0.2) is 65.6 Å². The Bertz CT molecular complexity index is 1270. The van der Waals surface area contributed by atoms with Crippen LogP contribution in [0.5, 0.6) is 0 Å². The second-order valence-electron chi connectivity index (χ2n) is 7.48. The van der Waals surface area contributed by atoms with Crippen LogP contribution >= 0.6 is 0 Å². The Balaban J connectivity index is 1.45. The highest BCUT2D eigenvalue weighted by Gasteiger charge is 2.24. The van der Waals surface area contributed by atoms with Crippen LogP contribution in [0, 0.1) is 5.92 Å². The Morgan fingerprint density at radius 3 is 2.48 bits per heavy atom. The summed E-state index contributed by atoms with van der Waals surface area (Å²) in [7, 11) is 0. The normalized spacial score (nSPS) is 13.5. The number of rotatable bonds is 5. The number of aromatic amines is 1. The molecule has 2 aromatic carbocycles. The summed E-state index contributed by atoms with van der Waals surface area (Å²) < 4.78 is 0. The van der Waals surface area contributed by atoms with E-state index < -0.39 is 0 Å². The Hall–Kier alpha value is -3.67. The van der Waals surface area contributed by atoms with Gasteiger partial charge in [-0.15, -0.1) is 0 Å². The molecule has 1 aliphatic rings. The largest absolute Gasteiger partial charge is 0.355 e. The Morgan fingerprint density at radius 1 is 1.00 bits per heavy atom. The summed E-state index contributed by atoms with van der Waals surface area (Å²) >= 11 is 0. The minimum Gasteiger partial charge on any atom is -0.355 e. The molecule has 2 heterocycles.